The Bertz CT molecular complexity index is 378. The standard InChI is InChI=1S/C15H21FO3/c1-10-11(5-3-4-6-14(10)17)7-15-13(16)8-12(19-15)9-18-2/h3-6,10-13,15H,7-9H2,1-2H3/t10?,11?,12-,13+,15-/m0/s1. The number of carbonyl (C=O) groups excluding carboxylic acids is 1. The topological polar surface area (TPSA) is 35.5 Å². The maximum Gasteiger partial charge on any atom is 0.159 e. The summed E-state index contributed by atoms with van der Waals surface area (Å²) in [6.45, 7) is 2.31. The van der Waals surface area contributed by atoms with Crippen LogP contribution in [0.25, 0.3) is 0 Å². The van der Waals surface area contributed by atoms with E-state index in [2.05, 4.69) is 0 Å². The number of rotatable bonds is 4. The summed E-state index contributed by atoms with van der Waals surface area (Å²) in [4.78, 5) is 11.8. The Labute approximate surface area is 113 Å². The molecule has 0 spiro atoms. The number of allylic oxidation sites excluding steroid dienone is 4. The van der Waals surface area contributed by atoms with Gasteiger partial charge in [-0.05, 0) is 18.4 Å². The maximum atomic E-state index is 13.9. The van der Waals surface area contributed by atoms with Gasteiger partial charge in [0.1, 0.15) is 6.17 Å². The van der Waals surface area contributed by atoms with E-state index in [1.807, 2.05) is 19.1 Å². The molecule has 0 aromatic heterocycles. The number of ketones is 1. The largest absolute Gasteiger partial charge is 0.382 e. The van der Waals surface area contributed by atoms with Crippen LogP contribution in [0, 0.1) is 11.8 Å². The van der Waals surface area contributed by atoms with E-state index in [-0.39, 0.29) is 23.7 Å². The number of methoxy groups -OCH3 is 1. The molecule has 1 saturated heterocycles. The van der Waals surface area contributed by atoms with Crippen LogP contribution in [0.5, 0.6) is 0 Å². The Balaban J connectivity index is 1.95. The van der Waals surface area contributed by atoms with Gasteiger partial charge >= 0.3 is 0 Å². The summed E-state index contributed by atoms with van der Waals surface area (Å²) in [5.74, 6) is 0.0103. The molecule has 1 aliphatic carbocycles. The molecule has 2 unspecified atom stereocenters. The summed E-state index contributed by atoms with van der Waals surface area (Å²) in [7, 11) is 1.59. The monoisotopic (exact) mass is 268 g/mol. The van der Waals surface area contributed by atoms with Crippen LogP contribution in [-0.2, 0) is 14.3 Å². The van der Waals surface area contributed by atoms with Crippen molar-refractivity contribution in [2.75, 3.05) is 13.7 Å². The second-order valence-corrected chi connectivity index (χ2v) is 5.34. The van der Waals surface area contributed by atoms with Gasteiger partial charge in [-0.1, -0.05) is 25.2 Å². The minimum atomic E-state index is -0.966. The van der Waals surface area contributed by atoms with Crippen LogP contribution in [0.15, 0.2) is 24.3 Å². The van der Waals surface area contributed by atoms with Crippen LogP contribution in [0.2, 0.25) is 0 Å². The van der Waals surface area contributed by atoms with Crippen molar-refractivity contribution in [2.24, 2.45) is 11.8 Å². The van der Waals surface area contributed by atoms with E-state index >= 15 is 0 Å². The number of alkyl halides is 1. The van der Waals surface area contributed by atoms with Crippen LogP contribution in [0.4, 0.5) is 4.39 Å². The Morgan fingerprint density at radius 3 is 3.00 bits per heavy atom. The molecule has 1 heterocycles. The fourth-order valence-electron chi connectivity index (χ4n) is 2.72. The zero-order valence-electron chi connectivity index (χ0n) is 11.4. The molecule has 0 saturated carbocycles. The van der Waals surface area contributed by atoms with Gasteiger partial charge in [-0.3, -0.25) is 4.79 Å². The lowest BCUT2D eigenvalue weighted by Gasteiger charge is -2.22. The summed E-state index contributed by atoms with van der Waals surface area (Å²) in [6, 6.07) is 0. The van der Waals surface area contributed by atoms with E-state index in [1.54, 1.807) is 19.3 Å². The Morgan fingerprint density at radius 2 is 2.26 bits per heavy atom. The second-order valence-electron chi connectivity index (χ2n) is 5.34. The summed E-state index contributed by atoms with van der Waals surface area (Å²) in [5.41, 5.74) is 0. The highest BCUT2D eigenvalue weighted by molar-refractivity contribution is 5.92. The van der Waals surface area contributed by atoms with Gasteiger partial charge in [0, 0.05) is 19.4 Å². The fraction of sp³-hybridized carbons (Fsp3) is 0.667. The molecule has 0 amide bonds. The van der Waals surface area contributed by atoms with Gasteiger partial charge in [0.25, 0.3) is 0 Å². The van der Waals surface area contributed by atoms with Gasteiger partial charge in [0.15, 0.2) is 5.78 Å². The molecule has 5 atom stereocenters. The lowest BCUT2D eigenvalue weighted by molar-refractivity contribution is -0.119. The third-order valence-electron chi connectivity index (χ3n) is 3.94. The van der Waals surface area contributed by atoms with Crippen molar-refractivity contribution in [3.05, 3.63) is 24.3 Å². The average Bonchev–Trinajstić information content (AvgIpc) is 2.64. The van der Waals surface area contributed by atoms with E-state index in [4.69, 9.17) is 9.47 Å². The minimum absolute atomic E-state index is 0.0343. The van der Waals surface area contributed by atoms with Crippen LogP contribution in [-0.4, -0.2) is 37.9 Å². The molecule has 2 rings (SSSR count). The predicted molar refractivity (Wildman–Crippen MR) is 70.6 cm³/mol. The molecular formula is C15H21FO3. The highest BCUT2D eigenvalue weighted by Gasteiger charge is 2.37. The van der Waals surface area contributed by atoms with Gasteiger partial charge in [0.05, 0.1) is 18.8 Å². The third kappa shape index (κ3) is 3.51. The number of halogens is 1. The molecule has 0 bridgehead atoms. The van der Waals surface area contributed by atoms with Gasteiger partial charge in [-0.25, -0.2) is 4.39 Å². The SMILES string of the molecule is COC[C@@H]1C[C@@H](F)[C@H](CC2C=CC=CC(=O)C2C)O1. The first-order valence-corrected chi connectivity index (χ1v) is 6.79. The molecule has 1 aliphatic heterocycles. The van der Waals surface area contributed by atoms with Crippen molar-refractivity contribution < 1.29 is 18.7 Å². The predicted octanol–water partition coefficient (Wildman–Crippen LogP) is 2.47. The van der Waals surface area contributed by atoms with Crippen molar-refractivity contribution in [1.82, 2.24) is 0 Å². The van der Waals surface area contributed by atoms with Crippen molar-refractivity contribution >= 4 is 5.78 Å². The first-order chi connectivity index (χ1) is 9.11. The summed E-state index contributed by atoms with van der Waals surface area (Å²) in [6.07, 6.45) is 6.54. The molecule has 3 nitrogen and oxygen atoms in total. The van der Waals surface area contributed by atoms with E-state index in [0.717, 1.165) is 0 Å². The number of ether oxygens (including phenoxy) is 2. The van der Waals surface area contributed by atoms with Crippen LogP contribution < -0.4 is 0 Å². The van der Waals surface area contributed by atoms with Crippen LogP contribution in [0.1, 0.15) is 19.8 Å². The molecule has 106 valence electrons. The molecule has 1 fully saturated rings. The Morgan fingerprint density at radius 1 is 1.47 bits per heavy atom. The van der Waals surface area contributed by atoms with Crippen molar-refractivity contribution in [3.8, 4) is 0 Å². The molecule has 0 radical (unpaired) electrons. The first-order valence-electron chi connectivity index (χ1n) is 6.79. The van der Waals surface area contributed by atoms with Crippen LogP contribution >= 0.6 is 0 Å². The van der Waals surface area contributed by atoms with Crippen molar-refractivity contribution in [3.63, 3.8) is 0 Å². The summed E-state index contributed by atoms with van der Waals surface area (Å²) in [5, 5.41) is 0. The number of hydrogen-bond acceptors (Lipinski definition) is 3. The van der Waals surface area contributed by atoms with E-state index in [9.17, 15) is 9.18 Å². The molecule has 0 aromatic rings. The molecule has 0 N–H and O–H groups in total. The average molecular weight is 268 g/mol. The van der Waals surface area contributed by atoms with Crippen LogP contribution in [0.3, 0.4) is 0 Å². The summed E-state index contributed by atoms with van der Waals surface area (Å²) < 4.78 is 24.6. The molecular weight excluding hydrogens is 247 g/mol. The second kappa shape index (κ2) is 6.44. The van der Waals surface area contributed by atoms with Gasteiger partial charge < -0.3 is 9.47 Å². The maximum absolute atomic E-state index is 13.9. The van der Waals surface area contributed by atoms with Gasteiger partial charge in [-0.15, -0.1) is 0 Å². The Kier molecular flexibility index (Phi) is 4.88. The summed E-state index contributed by atoms with van der Waals surface area (Å²) >= 11 is 0. The Hall–Kier alpha value is -1.00. The quantitative estimate of drug-likeness (QED) is 0.785. The lowest BCUT2D eigenvalue weighted by atomic mass is 9.85. The molecule has 4 heteroatoms. The normalized spacial score (nSPS) is 38.7. The molecule has 19 heavy (non-hydrogen) atoms. The highest BCUT2D eigenvalue weighted by atomic mass is 19.1. The zero-order chi connectivity index (χ0) is 13.8. The molecule has 2 aliphatic rings. The number of hydrogen-bond donors (Lipinski definition) is 0. The number of carbonyl (C=O) groups is 1. The fourth-order valence-corrected chi connectivity index (χ4v) is 2.72. The van der Waals surface area contributed by atoms with E-state index < -0.39 is 12.3 Å². The van der Waals surface area contributed by atoms with Gasteiger partial charge in [-0.2, -0.15) is 0 Å². The van der Waals surface area contributed by atoms with Crippen molar-refractivity contribution in [2.45, 2.75) is 38.1 Å². The lowest BCUT2D eigenvalue weighted by Crippen LogP contribution is -2.26. The van der Waals surface area contributed by atoms with E-state index in [1.165, 1.54) is 0 Å². The third-order valence-corrected chi connectivity index (χ3v) is 3.94. The highest BCUT2D eigenvalue weighted by Crippen LogP contribution is 2.32. The molecule has 0 aromatic carbocycles. The smallest absolute Gasteiger partial charge is 0.159 e. The minimum Gasteiger partial charge on any atom is -0.382 e. The van der Waals surface area contributed by atoms with Crippen molar-refractivity contribution in [1.29, 1.82) is 0 Å². The van der Waals surface area contributed by atoms with E-state index in [0.29, 0.717) is 19.4 Å². The zero-order valence-corrected chi connectivity index (χ0v) is 11.4. The van der Waals surface area contributed by atoms with Gasteiger partial charge in [0.2, 0.25) is 0 Å². The first kappa shape index (κ1) is 14.4.